The molecule has 0 radical (unpaired) electrons. The molecule has 0 unspecified atom stereocenters. The monoisotopic (exact) mass is 292 g/mol. The highest BCUT2D eigenvalue weighted by Gasteiger charge is 2.25. The van der Waals surface area contributed by atoms with Crippen LogP contribution in [-0.4, -0.2) is 40.5 Å². The second kappa shape index (κ2) is 6.72. The lowest BCUT2D eigenvalue weighted by molar-refractivity contribution is -0.140. The van der Waals surface area contributed by atoms with Crippen molar-refractivity contribution in [2.45, 2.75) is 40.2 Å². The van der Waals surface area contributed by atoms with Crippen LogP contribution in [0.5, 0.6) is 0 Å². The summed E-state index contributed by atoms with van der Waals surface area (Å²) in [5.41, 5.74) is 2.60. The Labute approximate surface area is 126 Å². The van der Waals surface area contributed by atoms with Gasteiger partial charge in [0.1, 0.15) is 0 Å². The van der Waals surface area contributed by atoms with Crippen LogP contribution in [0.15, 0.2) is 18.2 Å². The van der Waals surface area contributed by atoms with E-state index >= 15 is 0 Å². The lowest BCUT2D eigenvalue weighted by atomic mass is 10.1. The van der Waals surface area contributed by atoms with Gasteiger partial charge in [-0.15, -0.1) is 0 Å². The third kappa shape index (κ3) is 5.55. The van der Waals surface area contributed by atoms with Gasteiger partial charge in [-0.05, 0) is 57.9 Å². The highest BCUT2D eigenvalue weighted by molar-refractivity contribution is 5.92. The van der Waals surface area contributed by atoms with E-state index in [0.717, 1.165) is 16.8 Å². The Morgan fingerprint density at radius 2 is 1.76 bits per heavy atom. The Balaban J connectivity index is 2.73. The van der Waals surface area contributed by atoms with Crippen molar-refractivity contribution in [1.29, 1.82) is 0 Å². The molecule has 0 fully saturated rings. The number of carbonyl (C=O) groups excluding carboxylic acids is 1. The van der Waals surface area contributed by atoms with Crippen LogP contribution in [0.3, 0.4) is 0 Å². The van der Waals surface area contributed by atoms with E-state index in [2.05, 4.69) is 5.32 Å². The summed E-state index contributed by atoms with van der Waals surface area (Å²) < 4.78 is 0. The van der Waals surface area contributed by atoms with E-state index in [-0.39, 0.29) is 24.5 Å². The lowest BCUT2D eigenvalue weighted by Crippen LogP contribution is -2.48. The number of nitrogens with zero attached hydrogens (tertiary/aromatic N) is 1. The maximum atomic E-state index is 12.1. The van der Waals surface area contributed by atoms with Crippen LogP contribution in [0.25, 0.3) is 0 Å². The highest BCUT2D eigenvalue weighted by atomic mass is 16.4. The highest BCUT2D eigenvalue weighted by Crippen LogP contribution is 2.16. The van der Waals surface area contributed by atoms with Crippen LogP contribution in [0.4, 0.5) is 5.69 Å². The SMILES string of the molecule is Cc1ccc(NC(=O)CN(CC(=O)O)C(C)(C)C)cc1C. The van der Waals surface area contributed by atoms with Gasteiger partial charge in [0.25, 0.3) is 0 Å². The predicted octanol–water partition coefficient (Wildman–Crippen LogP) is 2.43. The van der Waals surface area contributed by atoms with Gasteiger partial charge in [-0.1, -0.05) is 6.07 Å². The van der Waals surface area contributed by atoms with Crippen molar-refractivity contribution in [3.63, 3.8) is 0 Å². The van der Waals surface area contributed by atoms with Crippen molar-refractivity contribution < 1.29 is 14.7 Å². The Hall–Kier alpha value is -1.88. The van der Waals surface area contributed by atoms with Crippen molar-refractivity contribution in [1.82, 2.24) is 4.90 Å². The van der Waals surface area contributed by atoms with E-state index < -0.39 is 5.97 Å². The minimum absolute atomic E-state index is 0.0444. The Morgan fingerprint density at radius 1 is 1.14 bits per heavy atom. The van der Waals surface area contributed by atoms with Gasteiger partial charge in [0.2, 0.25) is 5.91 Å². The number of aryl methyl sites for hydroxylation is 2. The summed E-state index contributed by atoms with van der Waals surface area (Å²) in [6.07, 6.45) is 0. The van der Waals surface area contributed by atoms with Crippen molar-refractivity contribution in [3.8, 4) is 0 Å². The third-order valence-electron chi connectivity index (χ3n) is 3.40. The number of carboxylic acid groups (broad SMARTS) is 1. The van der Waals surface area contributed by atoms with Crippen molar-refractivity contribution in [3.05, 3.63) is 29.3 Å². The summed E-state index contributed by atoms with van der Waals surface area (Å²) in [7, 11) is 0. The topological polar surface area (TPSA) is 69.6 Å². The molecule has 0 saturated carbocycles. The number of anilines is 1. The molecule has 0 spiro atoms. The Bertz CT molecular complexity index is 533. The molecule has 2 N–H and O–H groups in total. The van der Waals surface area contributed by atoms with Gasteiger partial charge >= 0.3 is 5.97 Å². The van der Waals surface area contributed by atoms with Gasteiger partial charge in [0, 0.05) is 11.2 Å². The summed E-state index contributed by atoms with van der Waals surface area (Å²) in [6.45, 7) is 9.54. The number of carbonyl (C=O) groups is 2. The van der Waals surface area contributed by atoms with Crippen molar-refractivity contribution >= 4 is 17.6 Å². The molecular formula is C16H24N2O3. The van der Waals surface area contributed by atoms with E-state index in [1.54, 1.807) is 4.90 Å². The lowest BCUT2D eigenvalue weighted by Gasteiger charge is -2.33. The number of rotatable bonds is 5. The third-order valence-corrected chi connectivity index (χ3v) is 3.40. The van der Waals surface area contributed by atoms with Gasteiger partial charge < -0.3 is 10.4 Å². The molecule has 5 heteroatoms. The number of benzene rings is 1. The standard InChI is InChI=1S/C16H24N2O3/c1-11-6-7-13(8-12(11)2)17-14(19)9-18(10-15(20)21)16(3,4)5/h6-8H,9-10H2,1-5H3,(H,17,19)(H,20,21). The van der Waals surface area contributed by atoms with Crippen LogP contribution in [0.1, 0.15) is 31.9 Å². The number of hydrogen-bond acceptors (Lipinski definition) is 3. The molecule has 5 nitrogen and oxygen atoms in total. The summed E-state index contributed by atoms with van der Waals surface area (Å²) in [6, 6.07) is 5.70. The number of amides is 1. The molecule has 1 aromatic rings. The second-order valence-electron chi connectivity index (χ2n) is 6.27. The minimum atomic E-state index is -0.941. The van der Waals surface area contributed by atoms with Crippen LogP contribution >= 0.6 is 0 Å². The summed E-state index contributed by atoms with van der Waals surface area (Å²) in [5.74, 6) is -1.15. The molecule has 21 heavy (non-hydrogen) atoms. The molecule has 0 aliphatic heterocycles. The largest absolute Gasteiger partial charge is 0.480 e. The van der Waals surface area contributed by atoms with E-state index in [4.69, 9.17) is 5.11 Å². The molecule has 0 heterocycles. The molecule has 0 aromatic heterocycles. The van der Waals surface area contributed by atoms with E-state index in [9.17, 15) is 9.59 Å². The zero-order valence-electron chi connectivity index (χ0n) is 13.4. The fourth-order valence-electron chi connectivity index (χ4n) is 1.89. The van der Waals surface area contributed by atoms with Crippen LogP contribution < -0.4 is 5.32 Å². The van der Waals surface area contributed by atoms with Crippen LogP contribution in [0, 0.1) is 13.8 Å². The van der Waals surface area contributed by atoms with E-state index in [1.807, 2.05) is 52.8 Å². The molecule has 116 valence electrons. The fourth-order valence-corrected chi connectivity index (χ4v) is 1.89. The normalized spacial score (nSPS) is 11.5. The predicted molar refractivity (Wildman–Crippen MR) is 83.5 cm³/mol. The van der Waals surface area contributed by atoms with Crippen molar-refractivity contribution in [2.24, 2.45) is 0 Å². The average molecular weight is 292 g/mol. The number of hydrogen-bond donors (Lipinski definition) is 2. The molecule has 0 aliphatic rings. The van der Waals surface area contributed by atoms with Crippen LogP contribution in [0.2, 0.25) is 0 Å². The first-order chi connectivity index (χ1) is 9.59. The van der Waals surface area contributed by atoms with Gasteiger partial charge in [0.15, 0.2) is 0 Å². The van der Waals surface area contributed by atoms with E-state index in [0.29, 0.717) is 0 Å². The molecule has 0 saturated heterocycles. The first kappa shape index (κ1) is 17.2. The summed E-state index contributed by atoms with van der Waals surface area (Å²) >= 11 is 0. The first-order valence-electron chi connectivity index (χ1n) is 6.93. The fraction of sp³-hybridized carbons (Fsp3) is 0.500. The molecule has 1 aromatic carbocycles. The van der Waals surface area contributed by atoms with Gasteiger partial charge in [-0.3, -0.25) is 14.5 Å². The molecular weight excluding hydrogens is 268 g/mol. The Morgan fingerprint density at radius 3 is 2.24 bits per heavy atom. The van der Waals surface area contributed by atoms with Gasteiger partial charge in [0.05, 0.1) is 13.1 Å². The number of carboxylic acids is 1. The molecule has 0 aliphatic carbocycles. The zero-order chi connectivity index (χ0) is 16.2. The zero-order valence-corrected chi connectivity index (χ0v) is 13.4. The maximum absolute atomic E-state index is 12.1. The number of nitrogens with one attached hydrogen (secondary N) is 1. The van der Waals surface area contributed by atoms with E-state index in [1.165, 1.54) is 0 Å². The van der Waals surface area contributed by atoms with Crippen molar-refractivity contribution in [2.75, 3.05) is 18.4 Å². The summed E-state index contributed by atoms with van der Waals surface area (Å²) in [5, 5.41) is 11.8. The first-order valence-corrected chi connectivity index (χ1v) is 6.93. The summed E-state index contributed by atoms with van der Waals surface area (Å²) in [4.78, 5) is 24.6. The number of aliphatic carboxylic acids is 1. The molecule has 0 atom stereocenters. The quantitative estimate of drug-likeness (QED) is 0.874. The van der Waals surface area contributed by atoms with Gasteiger partial charge in [-0.2, -0.15) is 0 Å². The molecule has 1 rings (SSSR count). The maximum Gasteiger partial charge on any atom is 0.317 e. The Kier molecular flexibility index (Phi) is 5.49. The van der Waals surface area contributed by atoms with Crippen LogP contribution in [-0.2, 0) is 9.59 Å². The average Bonchev–Trinajstić information content (AvgIpc) is 2.31. The minimum Gasteiger partial charge on any atom is -0.480 e. The molecule has 1 amide bonds. The second-order valence-corrected chi connectivity index (χ2v) is 6.27. The molecule has 0 bridgehead atoms. The van der Waals surface area contributed by atoms with Gasteiger partial charge in [-0.25, -0.2) is 0 Å². The smallest absolute Gasteiger partial charge is 0.317 e.